The van der Waals surface area contributed by atoms with Gasteiger partial charge in [-0.1, -0.05) is 0 Å². The Morgan fingerprint density at radius 1 is 1.71 bits per heavy atom. The SMILES string of the molecule is O=[N+]([O-])CCCP. The van der Waals surface area contributed by atoms with Crippen LogP contribution in [0.25, 0.3) is 0 Å². The van der Waals surface area contributed by atoms with Gasteiger partial charge >= 0.3 is 0 Å². The zero-order valence-electron chi connectivity index (χ0n) is 3.96. The second-order valence-electron chi connectivity index (χ2n) is 1.20. The third kappa shape index (κ3) is 5.83. The third-order valence-electron chi connectivity index (χ3n) is 0.545. The Hall–Kier alpha value is -0.170. The van der Waals surface area contributed by atoms with Gasteiger partial charge in [-0.05, 0) is 6.16 Å². The van der Waals surface area contributed by atoms with Crippen LogP contribution in [0.15, 0.2) is 0 Å². The van der Waals surface area contributed by atoms with Gasteiger partial charge in [-0.3, -0.25) is 10.1 Å². The second kappa shape index (κ2) is 4.00. The Bertz CT molecular complexity index is 66.0. The number of hydrogen-bond donors (Lipinski definition) is 0. The van der Waals surface area contributed by atoms with Crippen molar-refractivity contribution >= 4 is 9.24 Å². The van der Waals surface area contributed by atoms with Gasteiger partial charge in [0, 0.05) is 11.3 Å². The van der Waals surface area contributed by atoms with Crippen molar-refractivity contribution < 1.29 is 4.92 Å². The predicted molar refractivity (Wildman–Crippen MR) is 31.1 cm³/mol. The molecule has 0 amide bonds. The van der Waals surface area contributed by atoms with Gasteiger partial charge < -0.3 is 0 Å². The molecular weight excluding hydrogens is 113 g/mol. The average molecular weight is 121 g/mol. The molecule has 0 bridgehead atoms. The first kappa shape index (κ1) is 6.83. The van der Waals surface area contributed by atoms with Crippen molar-refractivity contribution in [3.05, 3.63) is 10.1 Å². The van der Waals surface area contributed by atoms with Crippen molar-refractivity contribution in [1.29, 1.82) is 0 Å². The predicted octanol–water partition coefficient (Wildman–Crippen LogP) is 0.528. The van der Waals surface area contributed by atoms with Crippen LogP contribution in [-0.2, 0) is 0 Å². The van der Waals surface area contributed by atoms with Crippen molar-refractivity contribution in [2.24, 2.45) is 0 Å². The highest BCUT2D eigenvalue weighted by atomic mass is 31.0. The summed E-state index contributed by atoms with van der Waals surface area (Å²) >= 11 is 0. The summed E-state index contributed by atoms with van der Waals surface area (Å²) in [6, 6.07) is 0. The van der Waals surface area contributed by atoms with Crippen LogP contribution in [0.1, 0.15) is 6.42 Å². The topological polar surface area (TPSA) is 43.1 Å². The Morgan fingerprint density at radius 3 is 2.43 bits per heavy atom. The van der Waals surface area contributed by atoms with Gasteiger partial charge in [0.2, 0.25) is 6.54 Å². The van der Waals surface area contributed by atoms with E-state index in [1.807, 2.05) is 0 Å². The number of nitro groups is 1. The molecule has 0 N–H and O–H groups in total. The number of nitrogens with zero attached hydrogens (tertiary/aromatic N) is 1. The molecule has 1 unspecified atom stereocenters. The summed E-state index contributed by atoms with van der Waals surface area (Å²) in [6.45, 7) is 0.101. The van der Waals surface area contributed by atoms with Crippen LogP contribution >= 0.6 is 9.24 Å². The molecule has 0 rings (SSSR count). The number of hydrogen-bond acceptors (Lipinski definition) is 2. The van der Waals surface area contributed by atoms with E-state index in [-0.39, 0.29) is 11.5 Å². The third-order valence-corrected chi connectivity index (χ3v) is 0.953. The summed E-state index contributed by atoms with van der Waals surface area (Å²) in [6.07, 6.45) is 1.48. The summed E-state index contributed by atoms with van der Waals surface area (Å²) < 4.78 is 0. The van der Waals surface area contributed by atoms with E-state index in [1.165, 1.54) is 0 Å². The quantitative estimate of drug-likeness (QED) is 0.310. The molecule has 0 aromatic rings. The summed E-state index contributed by atoms with van der Waals surface area (Å²) in [5.74, 6) is 0. The molecular formula is C3H8NO2P. The highest BCUT2D eigenvalue weighted by molar-refractivity contribution is 7.16. The van der Waals surface area contributed by atoms with Gasteiger partial charge in [0.05, 0.1) is 0 Å². The van der Waals surface area contributed by atoms with Crippen LogP contribution in [0, 0.1) is 10.1 Å². The van der Waals surface area contributed by atoms with Crippen LogP contribution in [0.2, 0.25) is 0 Å². The molecule has 0 aliphatic heterocycles. The van der Waals surface area contributed by atoms with Crippen LogP contribution in [0.4, 0.5) is 0 Å². The van der Waals surface area contributed by atoms with Gasteiger partial charge in [-0.25, -0.2) is 0 Å². The van der Waals surface area contributed by atoms with E-state index in [0.717, 1.165) is 6.16 Å². The fourth-order valence-corrected chi connectivity index (χ4v) is 0.403. The van der Waals surface area contributed by atoms with E-state index in [1.54, 1.807) is 0 Å². The molecule has 0 aliphatic rings. The highest BCUT2D eigenvalue weighted by Crippen LogP contribution is 1.86. The number of rotatable bonds is 3. The monoisotopic (exact) mass is 121 g/mol. The van der Waals surface area contributed by atoms with E-state index in [4.69, 9.17) is 0 Å². The van der Waals surface area contributed by atoms with Gasteiger partial charge in [0.15, 0.2) is 0 Å². The molecule has 0 spiro atoms. The average Bonchev–Trinajstić information content (AvgIpc) is 1.61. The van der Waals surface area contributed by atoms with E-state index in [2.05, 4.69) is 9.24 Å². The molecule has 3 nitrogen and oxygen atoms in total. The molecule has 0 aromatic heterocycles. The molecule has 0 saturated heterocycles. The fraction of sp³-hybridized carbons (Fsp3) is 1.00. The Morgan fingerprint density at radius 2 is 2.29 bits per heavy atom. The van der Waals surface area contributed by atoms with Crippen LogP contribution in [-0.4, -0.2) is 17.6 Å². The minimum Gasteiger partial charge on any atom is -0.265 e. The van der Waals surface area contributed by atoms with Gasteiger partial charge in [0.25, 0.3) is 0 Å². The summed E-state index contributed by atoms with van der Waals surface area (Å²) in [7, 11) is 2.44. The Balaban J connectivity index is 2.82. The van der Waals surface area contributed by atoms with Gasteiger partial charge in [0.1, 0.15) is 0 Å². The highest BCUT2D eigenvalue weighted by Gasteiger charge is 1.90. The van der Waals surface area contributed by atoms with Crippen molar-refractivity contribution in [2.75, 3.05) is 12.7 Å². The summed E-state index contributed by atoms with van der Waals surface area (Å²) in [5.41, 5.74) is 0. The molecule has 0 radical (unpaired) electrons. The van der Waals surface area contributed by atoms with Crippen molar-refractivity contribution in [2.45, 2.75) is 6.42 Å². The maximum absolute atomic E-state index is 9.55. The van der Waals surface area contributed by atoms with Gasteiger partial charge in [-0.2, -0.15) is 0 Å². The van der Waals surface area contributed by atoms with E-state index >= 15 is 0 Å². The first-order valence-corrected chi connectivity index (χ1v) is 2.91. The van der Waals surface area contributed by atoms with E-state index in [9.17, 15) is 10.1 Å². The lowest BCUT2D eigenvalue weighted by atomic mass is 10.5. The largest absolute Gasteiger partial charge is 0.265 e. The molecule has 0 heterocycles. The smallest absolute Gasteiger partial charge is 0.204 e. The molecule has 0 aromatic carbocycles. The lowest BCUT2D eigenvalue weighted by molar-refractivity contribution is -0.479. The molecule has 7 heavy (non-hydrogen) atoms. The first-order valence-electron chi connectivity index (χ1n) is 2.09. The minimum absolute atomic E-state index is 0.101. The summed E-state index contributed by atoms with van der Waals surface area (Å²) in [4.78, 5) is 9.25. The van der Waals surface area contributed by atoms with Crippen LogP contribution < -0.4 is 0 Å². The normalized spacial score (nSPS) is 8.71. The second-order valence-corrected chi connectivity index (χ2v) is 1.78. The molecule has 1 atom stereocenters. The molecule has 0 saturated carbocycles. The summed E-state index contributed by atoms with van der Waals surface area (Å²) in [5, 5.41) is 9.55. The maximum atomic E-state index is 9.55. The van der Waals surface area contributed by atoms with E-state index in [0.29, 0.717) is 6.42 Å². The van der Waals surface area contributed by atoms with Crippen molar-refractivity contribution in [3.63, 3.8) is 0 Å². The zero-order valence-corrected chi connectivity index (χ0v) is 5.12. The minimum atomic E-state index is -0.302. The molecule has 0 aliphatic carbocycles. The molecule has 4 heteroatoms. The lowest BCUT2D eigenvalue weighted by Gasteiger charge is -1.84. The van der Waals surface area contributed by atoms with Crippen LogP contribution in [0.5, 0.6) is 0 Å². The molecule has 0 fully saturated rings. The standard InChI is InChI=1S/C3H8NO2P/c5-4(6)2-1-3-7/h1-3,7H2. The Kier molecular flexibility index (Phi) is 3.90. The van der Waals surface area contributed by atoms with Gasteiger partial charge in [-0.15, -0.1) is 9.24 Å². The Labute approximate surface area is 44.5 Å². The van der Waals surface area contributed by atoms with E-state index < -0.39 is 0 Å². The first-order chi connectivity index (χ1) is 3.27. The van der Waals surface area contributed by atoms with Crippen LogP contribution in [0.3, 0.4) is 0 Å². The lowest BCUT2D eigenvalue weighted by Crippen LogP contribution is -1.99. The molecule has 42 valence electrons. The fourth-order valence-electron chi connectivity index (χ4n) is 0.220. The zero-order chi connectivity index (χ0) is 5.70. The van der Waals surface area contributed by atoms with Crippen molar-refractivity contribution in [1.82, 2.24) is 0 Å². The van der Waals surface area contributed by atoms with Crippen molar-refractivity contribution in [3.8, 4) is 0 Å². The maximum Gasteiger partial charge on any atom is 0.204 e.